The maximum atomic E-state index is 12.4. The summed E-state index contributed by atoms with van der Waals surface area (Å²) in [6, 6.07) is 10.0. The molecule has 0 atom stereocenters. The highest BCUT2D eigenvalue weighted by atomic mass is 32.2. The minimum Gasteiger partial charge on any atom is -0.492 e. The molecular formula is C17H20N2O4S2. The minimum absolute atomic E-state index is 0.120. The molecule has 1 aliphatic heterocycles. The molecular weight excluding hydrogens is 360 g/mol. The Kier molecular flexibility index (Phi) is 5.72. The fourth-order valence-electron chi connectivity index (χ4n) is 2.61. The highest BCUT2D eigenvalue weighted by Gasteiger charge is 2.26. The Balaban J connectivity index is 1.48. The standard InChI is InChI=1S/C17H20N2O4S2/c20-17(16-4-3-13-24-16)18-9-12-23-14-5-7-15(8-6-14)25(21,22)19-10-1-2-11-19/h3-8,13H,1-2,9-12H2,(H,18,20). The second kappa shape index (κ2) is 7.99. The number of carbonyl (C=O) groups excluding carboxylic acids is 1. The second-order valence-electron chi connectivity index (χ2n) is 5.66. The number of hydrogen-bond acceptors (Lipinski definition) is 5. The first kappa shape index (κ1) is 17.9. The van der Waals surface area contributed by atoms with Crippen molar-refractivity contribution in [1.29, 1.82) is 0 Å². The van der Waals surface area contributed by atoms with Crippen molar-refractivity contribution >= 4 is 27.3 Å². The lowest BCUT2D eigenvalue weighted by Crippen LogP contribution is -2.28. The molecule has 1 aromatic heterocycles. The fourth-order valence-corrected chi connectivity index (χ4v) is 4.77. The van der Waals surface area contributed by atoms with Crippen molar-refractivity contribution in [1.82, 2.24) is 9.62 Å². The van der Waals surface area contributed by atoms with Crippen molar-refractivity contribution in [2.45, 2.75) is 17.7 Å². The van der Waals surface area contributed by atoms with Gasteiger partial charge in [-0.3, -0.25) is 4.79 Å². The monoisotopic (exact) mass is 380 g/mol. The van der Waals surface area contributed by atoms with E-state index < -0.39 is 10.0 Å². The van der Waals surface area contributed by atoms with Gasteiger partial charge < -0.3 is 10.1 Å². The number of nitrogens with zero attached hydrogens (tertiary/aromatic N) is 1. The van der Waals surface area contributed by atoms with Gasteiger partial charge in [0.1, 0.15) is 12.4 Å². The highest BCUT2D eigenvalue weighted by Crippen LogP contribution is 2.22. The molecule has 0 unspecified atom stereocenters. The van der Waals surface area contributed by atoms with Gasteiger partial charge in [0, 0.05) is 13.1 Å². The average Bonchev–Trinajstić information content (AvgIpc) is 3.32. The summed E-state index contributed by atoms with van der Waals surface area (Å²) in [7, 11) is -3.40. The molecule has 3 rings (SSSR count). The molecule has 1 fully saturated rings. The number of sulfonamides is 1. The Hall–Kier alpha value is -1.90. The van der Waals surface area contributed by atoms with Gasteiger partial charge in [0.25, 0.3) is 5.91 Å². The molecule has 0 bridgehead atoms. The third kappa shape index (κ3) is 4.39. The lowest BCUT2D eigenvalue weighted by molar-refractivity contribution is 0.0951. The summed E-state index contributed by atoms with van der Waals surface area (Å²) in [6.45, 7) is 1.87. The van der Waals surface area contributed by atoms with Crippen LogP contribution in [0.5, 0.6) is 5.75 Å². The van der Waals surface area contributed by atoms with Crippen LogP contribution in [0.1, 0.15) is 22.5 Å². The van der Waals surface area contributed by atoms with Crippen LogP contribution in [0, 0.1) is 0 Å². The molecule has 1 aromatic carbocycles. The Morgan fingerprint density at radius 1 is 1.16 bits per heavy atom. The molecule has 2 heterocycles. The number of benzene rings is 1. The molecule has 6 nitrogen and oxygen atoms in total. The van der Waals surface area contributed by atoms with Gasteiger partial charge >= 0.3 is 0 Å². The summed E-state index contributed by atoms with van der Waals surface area (Å²) in [6.07, 6.45) is 1.83. The van der Waals surface area contributed by atoms with Gasteiger partial charge in [0.05, 0.1) is 16.3 Å². The van der Waals surface area contributed by atoms with E-state index in [1.54, 1.807) is 30.3 Å². The lowest BCUT2D eigenvalue weighted by atomic mass is 10.3. The van der Waals surface area contributed by atoms with Crippen LogP contribution in [0.3, 0.4) is 0 Å². The van der Waals surface area contributed by atoms with Crippen LogP contribution < -0.4 is 10.1 Å². The maximum absolute atomic E-state index is 12.4. The summed E-state index contributed by atoms with van der Waals surface area (Å²) in [5, 5.41) is 4.62. The Morgan fingerprint density at radius 2 is 1.88 bits per heavy atom. The van der Waals surface area contributed by atoms with Crippen LogP contribution in [0.2, 0.25) is 0 Å². The normalized spacial score (nSPS) is 15.2. The van der Waals surface area contributed by atoms with E-state index in [1.165, 1.54) is 15.6 Å². The van der Waals surface area contributed by atoms with Crippen LogP contribution in [-0.4, -0.2) is 44.9 Å². The van der Waals surface area contributed by atoms with Gasteiger partial charge in [0.15, 0.2) is 0 Å². The minimum atomic E-state index is -3.40. The van der Waals surface area contributed by atoms with Crippen LogP contribution in [0.4, 0.5) is 0 Å². The predicted octanol–water partition coefficient (Wildman–Crippen LogP) is 2.34. The van der Waals surface area contributed by atoms with Crippen molar-refractivity contribution in [2.75, 3.05) is 26.2 Å². The van der Waals surface area contributed by atoms with Crippen molar-refractivity contribution < 1.29 is 17.9 Å². The van der Waals surface area contributed by atoms with Crippen molar-refractivity contribution in [3.05, 3.63) is 46.7 Å². The number of nitrogens with one attached hydrogen (secondary N) is 1. The molecule has 0 aliphatic carbocycles. The maximum Gasteiger partial charge on any atom is 0.261 e. The molecule has 2 aromatic rings. The number of amides is 1. The Bertz CT molecular complexity index is 796. The molecule has 25 heavy (non-hydrogen) atoms. The van der Waals surface area contributed by atoms with E-state index in [4.69, 9.17) is 4.74 Å². The quantitative estimate of drug-likeness (QED) is 0.748. The van der Waals surface area contributed by atoms with E-state index in [-0.39, 0.29) is 10.8 Å². The van der Waals surface area contributed by atoms with Gasteiger partial charge in [0.2, 0.25) is 10.0 Å². The first-order valence-electron chi connectivity index (χ1n) is 8.12. The zero-order valence-corrected chi connectivity index (χ0v) is 15.3. The van der Waals surface area contributed by atoms with Crippen LogP contribution in [0.25, 0.3) is 0 Å². The smallest absolute Gasteiger partial charge is 0.261 e. The van der Waals surface area contributed by atoms with Crippen molar-refractivity contribution in [3.8, 4) is 5.75 Å². The van der Waals surface area contributed by atoms with E-state index >= 15 is 0 Å². The number of hydrogen-bond donors (Lipinski definition) is 1. The fraction of sp³-hybridized carbons (Fsp3) is 0.353. The Morgan fingerprint density at radius 3 is 2.52 bits per heavy atom. The first-order chi connectivity index (χ1) is 12.1. The Labute approximate surface area is 151 Å². The summed E-state index contributed by atoms with van der Waals surface area (Å²) < 4.78 is 31.9. The van der Waals surface area contributed by atoms with Gasteiger partial charge in [-0.2, -0.15) is 4.31 Å². The zero-order chi connectivity index (χ0) is 17.7. The topological polar surface area (TPSA) is 75.7 Å². The van der Waals surface area contributed by atoms with Gasteiger partial charge in [-0.05, 0) is 48.6 Å². The summed E-state index contributed by atoms with van der Waals surface area (Å²) in [5.41, 5.74) is 0. The van der Waals surface area contributed by atoms with E-state index in [1.807, 2.05) is 11.4 Å². The van der Waals surface area contributed by atoms with Crippen LogP contribution >= 0.6 is 11.3 Å². The molecule has 0 radical (unpaired) electrons. The molecule has 0 saturated carbocycles. The summed E-state index contributed by atoms with van der Waals surface area (Å²) in [5.74, 6) is 0.455. The van der Waals surface area contributed by atoms with Gasteiger partial charge in [-0.15, -0.1) is 11.3 Å². The molecule has 0 spiro atoms. The van der Waals surface area contributed by atoms with Crippen LogP contribution in [0.15, 0.2) is 46.7 Å². The van der Waals surface area contributed by atoms with Gasteiger partial charge in [-0.1, -0.05) is 6.07 Å². The molecule has 1 aliphatic rings. The molecule has 1 N–H and O–H groups in total. The number of ether oxygens (including phenoxy) is 1. The molecule has 1 amide bonds. The van der Waals surface area contributed by atoms with E-state index in [0.717, 1.165) is 12.8 Å². The molecule has 134 valence electrons. The summed E-state index contributed by atoms with van der Waals surface area (Å²) in [4.78, 5) is 12.7. The van der Waals surface area contributed by atoms with E-state index in [2.05, 4.69) is 5.32 Å². The van der Waals surface area contributed by atoms with Crippen molar-refractivity contribution in [2.24, 2.45) is 0 Å². The van der Waals surface area contributed by atoms with E-state index in [0.29, 0.717) is 36.9 Å². The molecule has 8 heteroatoms. The second-order valence-corrected chi connectivity index (χ2v) is 8.55. The third-order valence-corrected chi connectivity index (χ3v) is 6.71. The molecule has 1 saturated heterocycles. The predicted molar refractivity (Wildman–Crippen MR) is 96.6 cm³/mol. The number of thiophene rings is 1. The summed E-state index contributed by atoms with van der Waals surface area (Å²) >= 11 is 1.39. The first-order valence-corrected chi connectivity index (χ1v) is 10.4. The van der Waals surface area contributed by atoms with Crippen molar-refractivity contribution in [3.63, 3.8) is 0 Å². The zero-order valence-electron chi connectivity index (χ0n) is 13.7. The number of rotatable bonds is 7. The number of carbonyl (C=O) groups is 1. The average molecular weight is 380 g/mol. The van der Waals surface area contributed by atoms with Crippen LogP contribution in [-0.2, 0) is 10.0 Å². The van der Waals surface area contributed by atoms with Gasteiger partial charge in [-0.25, -0.2) is 8.42 Å². The van der Waals surface area contributed by atoms with E-state index in [9.17, 15) is 13.2 Å². The highest BCUT2D eigenvalue weighted by molar-refractivity contribution is 7.89. The largest absolute Gasteiger partial charge is 0.492 e. The SMILES string of the molecule is O=C(NCCOc1ccc(S(=O)(=O)N2CCCC2)cc1)c1cccs1. The third-order valence-electron chi connectivity index (χ3n) is 3.93. The lowest BCUT2D eigenvalue weighted by Gasteiger charge is -2.15.